The summed E-state index contributed by atoms with van der Waals surface area (Å²) < 4.78 is 11.1. The van der Waals surface area contributed by atoms with Gasteiger partial charge in [-0.15, -0.1) is 0 Å². The molecule has 1 amide bonds. The lowest BCUT2D eigenvalue weighted by molar-refractivity contribution is -0.120. The van der Waals surface area contributed by atoms with Crippen molar-refractivity contribution in [2.75, 3.05) is 14.2 Å². The topological polar surface area (TPSA) is 125 Å². The maximum absolute atomic E-state index is 13.1. The summed E-state index contributed by atoms with van der Waals surface area (Å²) in [6.45, 7) is 9.81. The zero-order valence-electron chi connectivity index (χ0n) is 22.3. The van der Waals surface area contributed by atoms with Crippen LogP contribution in [0, 0.1) is 0 Å². The van der Waals surface area contributed by atoms with Gasteiger partial charge in [-0.25, -0.2) is 0 Å². The predicted octanol–water partition coefficient (Wildman–Crippen LogP) is 4.60. The number of ether oxygens (including phenoxy) is 2. The normalized spacial score (nSPS) is 12.4. The molecule has 3 N–H and O–H groups in total. The molecule has 0 atom stereocenters. The third-order valence-corrected chi connectivity index (χ3v) is 5.51. The molecule has 0 fully saturated rings. The van der Waals surface area contributed by atoms with Gasteiger partial charge in [-0.05, 0) is 38.8 Å². The van der Waals surface area contributed by atoms with E-state index in [-0.39, 0.29) is 36.1 Å². The number of pyridine rings is 1. The summed E-state index contributed by atoms with van der Waals surface area (Å²) in [5, 5.41) is 22.5. The summed E-state index contributed by atoms with van der Waals surface area (Å²) in [4.78, 5) is 28.2. The zero-order valence-corrected chi connectivity index (χ0v) is 22.3. The number of aryl methyl sites for hydroxylation is 1. The Bertz CT molecular complexity index is 1160. The molecule has 1 aromatic heterocycles. The number of unbranched alkanes of at least 4 members (excludes halogenated alkanes) is 1. The van der Waals surface area contributed by atoms with Gasteiger partial charge in [0.25, 0.3) is 5.56 Å². The van der Waals surface area contributed by atoms with Crippen LogP contribution in [0.1, 0.15) is 71.6 Å². The first-order chi connectivity index (χ1) is 17.3. The smallest absolute Gasteiger partial charge is 0.261 e. The second-order valence-electron chi connectivity index (χ2n) is 8.46. The summed E-state index contributed by atoms with van der Waals surface area (Å²) in [5.74, 6) is 0.624. The number of benzene rings is 1. The molecule has 0 radical (unpaired) electrons. The first-order valence-corrected chi connectivity index (χ1v) is 12.4. The molecule has 3 rings (SSSR count). The van der Waals surface area contributed by atoms with Crippen molar-refractivity contribution in [1.82, 2.24) is 10.3 Å². The van der Waals surface area contributed by atoms with Crippen molar-refractivity contribution in [2.24, 2.45) is 10.2 Å². The van der Waals surface area contributed by atoms with Crippen LogP contribution in [0.3, 0.4) is 0 Å². The van der Waals surface area contributed by atoms with E-state index in [1.54, 1.807) is 18.2 Å². The van der Waals surface area contributed by atoms with Crippen molar-refractivity contribution in [2.45, 2.75) is 72.8 Å². The number of aromatic hydroxyl groups is 1. The fourth-order valence-electron chi connectivity index (χ4n) is 4.00. The Hall–Kier alpha value is -3.62. The van der Waals surface area contributed by atoms with Crippen molar-refractivity contribution in [3.05, 3.63) is 39.8 Å². The molecule has 1 aliphatic heterocycles. The van der Waals surface area contributed by atoms with Gasteiger partial charge in [-0.2, -0.15) is 10.2 Å². The van der Waals surface area contributed by atoms with Crippen molar-refractivity contribution in [1.29, 1.82) is 0 Å². The standard InChI is InChI=1S/C25H32N4O5.C2H6/c1-6-7-9-16-21(23-18(33-4)10-8-11-19(23)34-5)24(31)22(25(32)27-16)17-12-15(28-29-17)13-20(30)26-14(2)3;1-2/h8,10-11,14H,6-7,9,12-13H2,1-5H3,(H,26,30)(H2,27,31,32);1-2H3. The molecular weight excluding hydrogens is 460 g/mol. The minimum atomic E-state index is -0.456. The Labute approximate surface area is 212 Å². The van der Waals surface area contributed by atoms with Gasteiger partial charge in [0.2, 0.25) is 5.91 Å². The Morgan fingerprint density at radius 3 is 2.31 bits per heavy atom. The molecule has 0 aliphatic carbocycles. The van der Waals surface area contributed by atoms with Gasteiger partial charge in [-0.1, -0.05) is 33.3 Å². The molecular formula is C27H38N4O5. The van der Waals surface area contributed by atoms with E-state index in [0.717, 1.165) is 12.8 Å². The van der Waals surface area contributed by atoms with Crippen LogP contribution in [0.4, 0.5) is 0 Å². The van der Waals surface area contributed by atoms with E-state index in [2.05, 4.69) is 27.4 Å². The van der Waals surface area contributed by atoms with Crippen LogP contribution in [-0.4, -0.2) is 47.7 Å². The van der Waals surface area contributed by atoms with Gasteiger partial charge in [0.1, 0.15) is 22.8 Å². The molecule has 0 unspecified atom stereocenters. The number of methoxy groups -OCH3 is 2. The first kappa shape index (κ1) is 28.6. The van der Waals surface area contributed by atoms with Crippen LogP contribution in [-0.2, 0) is 11.2 Å². The highest BCUT2D eigenvalue weighted by Crippen LogP contribution is 2.45. The minimum Gasteiger partial charge on any atom is -0.506 e. The second kappa shape index (κ2) is 13.5. The molecule has 9 nitrogen and oxygen atoms in total. The van der Waals surface area contributed by atoms with Crippen LogP contribution in [0.15, 0.2) is 33.2 Å². The van der Waals surface area contributed by atoms with Crippen LogP contribution in [0.25, 0.3) is 11.1 Å². The van der Waals surface area contributed by atoms with Crippen molar-refractivity contribution in [3.63, 3.8) is 0 Å². The Morgan fingerprint density at radius 2 is 1.75 bits per heavy atom. The van der Waals surface area contributed by atoms with Crippen molar-refractivity contribution < 1.29 is 19.4 Å². The van der Waals surface area contributed by atoms with Crippen molar-refractivity contribution in [3.8, 4) is 28.4 Å². The number of carbonyl (C=O) groups is 1. The summed E-state index contributed by atoms with van der Waals surface area (Å²) in [5.41, 5.74) is 1.98. The van der Waals surface area contributed by atoms with E-state index in [1.165, 1.54) is 14.2 Å². The van der Waals surface area contributed by atoms with Crippen LogP contribution >= 0.6 is 0 Å². The lowest BCUT2D eigenvalue weighted by Gasteiger charge is -2.19. The number of rotatable bonds is 10. The van der Waals surface area contributed by atoms with Gasteiger partial charge in [0, 0.05) is 18.2 Å². The highest BCUT2D eigenvalue weighted by Gasteiger charge is 2.28. The molecule has 2 aromatic rings. The molecule has 1 aromatic carbocycles. The van der Waals surface area contributed by atoms with Crippen LogP contribution in [0.5, 0.6) is 17.2 Å². The van der Waals surface area contributed by atoms with Gasteiger partial charge in [0.15, 0.2) is 0 Å². The third kappa shape index (κ3) is 6.53. The maximum atomic E-state index is 13.1. The predicted molar refractivity (Wildman–Crippen MR) is 144 cm³/mol. The lowest BCUT2D eigenvalue weighted by Crippen LogP contribution is -2.31. The monoisotopic (exact) mass is 498 g/mol. The van der Waals surface area contributed by atoms with E-state index in [9.17, 15) is 14.7 Å². The summed E-state index contributed by atoms with van der Waals surface area (Å²) in [6, 6.07) is 5.34. The van der Waals surface area contributed by atoms with Crippen LogP contribution in [0.2, 0.25) is 0 Å². The Morgan fingerprint density at radius 1 is 1.11 bits per heavy atom. The van der Waals surface area contributed by atoms with E-state index >= 15 is 0 Å². The highest BCUT2D eigenvalue weighted by molar-refractivity contribution is 6.19. The summed E-state index contributed by atoms with van der Waals surface area (Å²) >= 11 is 0. The molecule has 1 aliphatic rings. The average molecular weight is 499 g/mol. The SMILES string of the molecule is CC.CCCCc1[nH]c(=O)c(C2=NN=C(CC(=O)NC(C)C)C2)c(O)c1-c1c(OC)cccc1OC. The van der Waals surface area contributed by atoms with Gasteiger partial charge in [-0.3, -0.25) is 9.59 Å². The van der Waals surface area contributed by atoms with E-state index < -0.39 is 5.56 Å². The highest BCUT2D eigenvalue weighted by atomic mass is 16.5. The van der Waals surface area contributed by atoms with Crippen LogP contribution < -0.4 is 20.3 Å². The van der Waals surface area contributed by atoms with Gasteiger partial charge >= 0.3 is 0 Å². The number of nitrogens with zero attached hydrogens (tertiary/aromatic N) is 2. The fourth-order valence-corrected chi connectivity index (χ4v) is 4.00. The lowest BCUT2D eigenvalue weighted by atomic mass is 9.93. The minimum absolute atomic E-state index is 0.0100. The number of amides is 1. The zero-order chi connectivity index (χ0) is 26.8. The third-order valence-electron chi connectivity index (χ3n) is 5.51. The van der Waals surface area contributed by atoms with Gasteiger partial charge in [0.05, 0.1) is 43.2 Å². The molecule has 0 bridgehead atoms. The summed E-state index contributed by atoms with van der Waals surface area (Å²) in [6.07, 6.45) is 2.55. The molecule has 0 saturated carbocycles. The molecule has 196 valence electrons. The number of aromatic amines is 1. The maximum Gasteiger partial charge on any atom is 0.261 e. The number of aromatic nitrogens is 1. The quantitative estimate of drug-likeness (QED) is 0.442. The number of carbonyl (C=O) groups excluding carboxylic acids is 1. The molecule has 2 heterocycles. The summed E-state index contributed by atoms with van der Waals surface area (Å²) in [7, 11) is 3.08. The largest absolute Gasteiger partial charge is 0.506 e. The first-order valence-electron chi connectivity index (χ1n) is 12.4. The Balaban J connectivity index is 0.00000222. The number of hydrogen-bond acceptors (Lipinski definition) is 7. The average Bonchev–Trinajstić information content (AvgIpc) is 3.30. The van der Waals surface area contributed by atoms with E-state index in [4.69, 9.17) is 9.47 Å². The molecule has 0 saturated heterocycles. The van der Waals surface area contributed by atoms with Crippen molar-refractivity contribution >= 4 is 17.3 Å². The number of hydrogen-bond donors (Lipinski definition) is 3. The number of nitrogens with one attached hydrogen (secondary N) is 2. The molecule has 36 heavy (non-hydrogen) atoms. The van der Waals surface area contributed by atoms with E-state index in [0.29, 0.717) is 46.2 Å². The Kier molecular flexibility index (Phi) is 10.7. The molecule has 9 heteroatoms. The fraction of sp³-hybridized carbons (Fsp3) is 0.481. The second-order valence-corrected chi connectivity index (χ2v) is 8.46. The van der Waals surface area contributed by atoms with E-state index in [1.807, 2.05) is 27.7 Å². The molecule has 0 spiro atoms. The van der Waals surface area contributed by atoms with Gasteiger partial charge < -0.3 is 24.9 Å². The number of H-pyrrole nitrogens is 1.